The molecule has 5 nitrogen and oxygen atoms in total. The van der Waals surface area contributed by atoms with Crippen LogP contribution in [0.3, 0.4) is 0 Å². The first kappa shape index (κ1) is 10.8. The van der Waals surface area contributed by atoms with Gasteiger partial charge >= 0.3 is 0 Å². The quantitative estimate of drug-likeness (QED) is 0.747. The van der Waals surface area contributed by atoms with Crippen LogP contribution in [-0.4, -0.2) is 28.6 Å². The van der Waals surface area contributed by atoms with E-state index in [1.807, 2.05) is 6.92 Å². The Hall–Kier alpha value is -1.23. The SMILES string of the molecule is CCOc1n[nH]c(C)c1NC(=O)CCl. The standard InChI is InChI=1S/C8H12ClN3O2/c1-3-14-8-7(5(2)11-12-8)10-6(13)4-9/h3-4H2,1-2H3,(H,10,13)(H,11,12). The Morgan fingerprint density at radius 1 is 1.71 bits per heavy atom. The van der Waals surface area contributed by atoms with Crippen LogP contribution in [-0.2, 0) is 4.79 Å². The number of nitrogens with zero attached hydrogens (tertiary/aromatic N) is 1. The summed E-state index contributed by atoms with van der Waals surface area (Å²) in [4.78, 5) is 11.0. The van der Waals surface area contributed by atoms with Crippen LogP contribution in [0.2, 0.25) is 0 Å². The number of ether oxygens (including phenoxy) is 1. The minimum Gasteiger partial charge on any atom is -0.475 e. The van der Waals surface area contributed by atoms with Gasteiger partial charge in [-0.1, -0.05) is 0 Å². The molecule has 6 heteroatoms. The predicted octanol–water partition coefficient (Wildman–Crippen LogP) is 1.29. The molecular weight excluding hydrogens is 206 g/mol. The lowest BCUT2D eigenvalue weighted by atomic mass is 10.4. The number of carbonyl (C=O) groups is 1. The molecule has 1 heterocycles. The zero-order valence-electron chi connectivity index (χ0n) is 8.06. The molecule has 0 radical (unpaired) electrons. The lowest BCUT2D eigenvalue weighted by molar-refractivity contribution is -0.113. The Balaban J connectivity index is 2.82. The lowest BCUT2D eigenvalue weighted by Crippen LogP contribution is -2.13. The molecule has 0 aliphatic heterocycles. The molecular formula is C8H12ClN3O2. The first-order valence-electron chi connectivity index (χ1n) is 4.22. The van der Waals surface area contributed by atoms with E-state index in [0.29, 0.717) is 18.2 Å². The molecule has 0 atom stereocenters. The summed E-state index contributed by atoms with van der Waals surface area (Å²) < 4.78 is 5.20. The maximum absolute atomic E-state index is 11.0. The molecule has 1 rings (SSSR count). The Morgan fingerprint density at radius 2 is 2.43 bits per heavy atom. The summed E-state index contributed by atoms with van der Waals surface area (Å²) in [6.45, 7) is 4.13. The molecule has 0 aromatic carbocycles. The van der Waals surface area contributed by atoms with Crippen molar-refractivity contribution in [3.63, 3.8) is 0 Å². The molecule has 0 saturated carbocycles. The Bertz CT molecular complexity index is 324. The first-order chi connectivity index (χ1) is 6.69. The molecule has 0 fully saturated rings. The monoisotopic (exact) mass is 217 g/mol. The highest BCUT2D eigenvalue weighted by Gasteiger charge is 2.13. The highest BCUT2D eigenvalue weighted by Crippen LogP contribution is 2.24. The average Bonchev–Trinajstić information content (AvgIpc) is 2.50. The fourth-order valence-corrected chi connectivity index (χ4v) is 1.03. The van der Waals surface area contributed by atoms with Gasteiger partial charge < -0.3 is 10.1 Å². The minimum absolute atomic E-state index is 0.0871. The summed E-state index contributed by atoms with van der Waals surface area (Å²) >= 11 is 5.37. The number of aromatic nitrogens is 2. The van der Waals surface area contributed by atoms with Crippen LogP contribution in [0.4, 0.5) is 5.69 Å². The number of nitrogens with one attached hydrogen (secondary N) is 2. The van der Waals surface area contributed by atoms with Gasteiger partial charge in [0, 0.05) is 0 Å². The predicted molar refractivity (Wildman–Crippen MR) is 53.8 cm³/mol. The second-order valence-electron chi connectivity index (χ2n) is 2.64. The first-order valence-corrected chi connectivity index (χ1v) is 4.76. The molecule has 78 valence electrons. The molecule has 0 bridgehead atoms. The average molecular weight is 218 g/mol. The number of H-pyrrole nitrogens is 1. The van der Waals surface area contributed by atoms with Crippen LogP contribution in [0.5, 0.6) is 5.88 Å². The van der Waals surface area contributed by atoms with Crippen molar-refractivity contribution in [1.82, 2.24) is 10.2 Å². The second-order valence-corrected chi connectivity index (χ2v) is 2.91. The molecule has 0 spiro atoms. The third-order valence-corrected chi connectivity index (χ3v) is 1.82. The number of aromatic amines is 1. The number of rotatable bonds is 4. The third-order valence-electron chi connectivity index (χ3n) is 1.58. The van der Waals surface area contributed by atoms with Gasteiger partial charge in [-0.05, 0) is 13.8 Å². The van der Waals surface area contributed by atoms with Gasteiger partial charge in [0.1, 0.15) is 11.6 Å². The number of hydrogen-bond acceptors (Lipinski definition) is 3. The van der Waals surface area contributed by atoms with Crippen LogP contribution >= 0.6 is 11.6 Å². The van der Waals surface area contributed by atoms with Gasteiger partial charge in [-0.3, -0.25) is 9.89 Å². The zero-order valence-corrected chi connectivity index (χ0v) is 8.81. The van der Waals surface area contributed by atoms with Crippen molar-refractivity contribution in [2.45, 2.75) is 13.8 Å². The van der Waals surface area contributed by atoms with E-state index in [4.69, 9.17) is 16.3 Å². The fraction of sp³-hybridized carbons (Fsp3) is 0.500. The largest absolute Gasteiger partial charge is 0.475 e. The molecule has 1 amide bonds. The number of aryl methyl sites for hydroxylation is 1. The van der Waals surface area contributed by atoms with Crippen molar-refractivity contribution in [2.75, 3.05) is 17.8 Å². The molecule has 1 aromatic rings. The van der Waals surface area contributed by atoms with E-state index in [1.54, 1.807) is 6.92 Å². The third kappa shape index (κ3) is 2.38. The van der Waals surface area contributed by atoms with Gasteiger partial charge in [0.2, 0.25) is 5.91 Å². The summed E-state index contributed by atoms with van der Waals surface area (Å²) in [5.41, 5.74) is 1.30. The van der Waals surface area contributed by atoms with Gasteiger partial charge in [0.05, 0.1) is 12.3 Å². The van der Waals surface area contributed by atoms with Crippen LogP contribution in [0.1, 0.15) is 12.6 Å². The molecule has 0 aliphatic carbocycles. The number of halogens is 1. The van der Waals surface area contributed by atoms with Crippen molar-refractivity contribution < 1.29 is 9.53 Å². The van der Waals surface area contributed by atoms with Crippen molar-refractivity contribution in [3.8, 4) is 5.88 Å². The summed E-state index contributed by atoms with van der Waals surface area (Å²) in [7, 11) is 0. The normalized spacial score (nSPS) is 9.93. The summed E-state index contributed by atoms with van der Waals surface area (Å²) in [6, 6.07) is 0. The molecule has 14 heavy (non-hydrogen) atoms. The highest BCUT2D eigenvalue weighted by molar-refractivity contribution is 6.29. The van der Waals surface area contributed by atoms with E-state index in [-0.39, 0.29) is 11.8 Å². The summed E-state index contributed by atoms with van der Waals surface area (Å²) in [5, 5.41) is 9.21. The fourth-order valence-electron chi connectivity index (χ4n) is 0.968. The number of carbonyl (C=O) groups excluding carboxylic acids is 1. The van der Waals surface area contributed by atoms with Crippen LogP contribution in [0.15, 0.2) is 0 Å². The Morgan fingerprint density at radius 3 is 3.00 bits per heavy atom. The molecule has 2 N–H and O–H groups in total. The minimum atomic E-state index is -0.280. The number of hydrogen-bond donors (Lipinski definition) is 2. The van der Waals surface area contributed by atoms with Crippen LogP contribution < -0.4 is 10.1 Å². The van der Waals surface area contributed by atoms with E-state index in [0.717, 1.165) is 5.69 Å². The lowest BCUT2D eigenvalue weighted by Gasteiger charge is -2.04. The maximum atomic E-state index is 11.0. The van der Waals surface area contributed by atoms with Crippen molar-refractivity contribution in [1.29, 1.82) is 0 Å². The summed E-state index contributed by atoms with van der Waals surface area (Å²) in [5.74, 6) is 0.0245. The smallest absolute Gasteiger partial charge is 0.256 e. The van der Waals surface area contributed by atoms with Crippen LogP contribution in [0.25, 0.3) is 0 Å². The maximum Gasteiger partial charge on any atom is 0.256 e. The number of anilines is 1. The second kappa shape index (κ2) is 4.85. The van der Waals surface area contributed by atoms with E-state index in [1.165, 1.54) is 0 Å². The highest BCUT2D eigenvalue weighted by atomic mass is 35.5. The summed E-state index contributed by atoms with van der Waals surface area (Å²) in [6.07, 6.45) is 0. The van der Waals surface area contributed by atoms with Crippen molar-refractivity contribution >= 4 is 23.2 Å². The van der Waals surface area contributed by atoms with Gasteiger partial charge in [0.25, 0.3) is 5.88 Å². The van der Waals surface area contributed by atoms with Gasteiger partial charge in [-0.2, -0.15) is 0 Å². The van der Waals surface area contributed by atoms with Gasteiger partial charge in [-0.25, -0.2) is 0 Å². The topological polar surface area (TPSA) is 67.0 Å². The van der Waals surface area contributed by atoms with E-state index < -0.39 is 0 Å². The van der Waals surface area contributed by atoms with Gasteiger partial charge in [0.15, 0.2) is 0 Å². The van der Waals surface area contributed by atoms with E-state index >= 15 is 0 Å². The Labute approximate surface area is 86.8 Å². The van der Waals surface area contributed by atoms with Crippen LogP contribution in [0, 0.1) is 6.92 Å². The zero-order chi connectivity index (χ0) is 10.6. The Kier molecular flexibility index (Phi) is 3.76. The van der Waals surface area contributed by atoms with Crippen molar-refractivity contribution in [2.24, 2.45) is 0 Å². The van der Waals surface area contributed by atoms with Gasteiger partial charge in [-0.15, -0.1) is 16.7 Å². The molecule has 0 aliphatic rings. The van der Waals surface area contributed by atoms with E-state index in [9.17, 15) is 4.79 Å². The molecule has 0 saturated heterocycles. The number of amides is 1. The molecule has 1 aromatic heterocycles. The van der Waals surface area contributed by atoms with E-state index in [2.05, 4.69) is 15.5 Å². The van der Waals surface area contributed by atoms with Crippen molar-refractivity contribution in [3.05, 3.63) is 5.69 Å². The molecule has 0 unspecified atom stereocenters. The number of alkyl halides is 1.